The Balaban J connectivity index is 1.84. The third kappa shape index (κ3) is 3.30. The van der Waals surface area contributed by atoms with Crippen molar-refractivity contribution in [2.24, 2.45) is 5.73 Å². The SMILES string of the molecule is NC(=O)CN1C(=S)S/C(=C/c2ccc(-c3ccccc3O)o2)C1O. The first-order valence-electron chi connectivity index (χ1n) is 7.00. The molecule has 0 radical (unpaired) electrons. The summed E-state index contributed by atoms with van der Waals surface area (Å²) in [5.74, 6) is 0.556. The van der Waals surface area contributed by atoms with Gasteiger partial charge in [-0.25, -0.2) is 0 Å². The molecule has 1 aromatic heterocycles. The highest BCUT2D eigenvalue weighted by Crippen LogP contribution is 2.36. The lowest BCUT2D eigenvalue weighted by Gasteiger charge is -2.19. The summed E-state index contributed by atoms with van der Waals surface area (Å²) in [6.07, 6.45) is 0.611. The standard InChI is InChI=1S/C16H14N2O4S2/c17-14(20)8-18-15(21)13(24-16(18)23)7-9-5-6-12(22-9)10-3-1-2-4-11(10)19/h1-7,15,19,21H,8H2,(H2,17,20)/b13-7+. The van der Waals surface area contributed by atoms with E-state index in [1.165, 1.54) is 16.7 Å². The van der Waals surface area contributed by atoms with Crippen LogP contribution in [-0.4, -0.2) is 38.1 Å². The molecule has 6 nitrogen and oxygen atoms in total. The molecule has 1 amide bonds. The molecule has 1 aromatic carbocycles. The van der Waals surface area contributed by atoms with E-state index in [-0.39, 0.29) is 12.3 Å². The van der Waals surface area contributed by atoms with Crippen LogP contribution in [0.2, 0.25) is 0 Å². The lowest BCUT2D eigenvalue weighted by atomic mass is 10.1. The lowest BCUT2D eigenvalue weighted by Crippen LogP contribution is -2.39. The molecule has 3 rings (SSSR count). The zero-order chi connectivity index (χ0) is 17.3. The monoisotopic (exact) mass is 362 g/mol. The van der Waals surface area contributed by atoms with E-state index in [0.717, 1.165) is 0 Å². The van der Waals surface area contributed by atoms with E-state index >= 15 is 0 Å². The third-order valence-corrected chi connectivity index (χ3v) is 4.85. The topological polar surface area (TPSA) is 99.9 Å². The fraction of sp³-hybridized carbons (Fsp3) is 0.125. The van der Waals surface area contributed by atoms with Crippen molar-refractivity contribution >= 4 is 40.3 Å². The number of aliphatic hydroxyl groups excluding tert-OH is 1. The van der Waals surface area contributed by atoms with Crippen molar-refractivity contribution in [2.75, 3.05) is 6.54 Å². The number of hydrogen-bond acceptors (Lipinski definition) is 6. The van der Waals surface area contributed by atoms with Gasteiger partial charge in [0.15, 0.2) is 6.23 Å². The van der Waals surface area contributed by atoms with Crippen LogP contribution in [0.4, 0.5) is 0 Å². The number of thioether (sulfide) groups is 1. The summed E-state index contributed by atoms with van der Waals surface area (Å²) >= 11 is 6.32. The van der Waals surface area contributed by atoms with Gasteiger partial charge in [0.1, 0.15) is 28.1 Å². The smallest absolute Gasteiger partial charge is 0.237 e. The van der Waals surface area contributed by atoms with Crippen LogP contribution in [0.15, 0.2) is 45.7 Å². The Labute approximate surface area is 147 Å². The Bertz CT molecular complexity index is 831. The molecular weight excluding hydrogens is 348 g/mol. The lowest BCUT2D eigenvalue weighted by molar-refractivity contribution is -0.119. The zero-order valence-electron chi connectivity index (χ0n) is 12.4. The number of phenols is 1. The molecule has 4 N–H and O–H groups in total. The minimum absolute atomic E-state index is 0.121. The Morgan fingerprint density at radius 2 is 2.12 bits per heavy atom. The largest absolute Gasteiger partial charge is 0.507 e. The molecule has 0 saturated carbocycles. The van der Waals surface area contributed by atoms with Crippen molar-refractivity contribution in [3.63, 3.8) is 0 Å². The number of thiocarbonyl (C=S) groups is 1. The molecule has 0 aliphatic carbocycles. The normalized spacial score (nSPS) is 19.2. The number of amides is 1. The van der Waals surface area contributed by atoms with Gasteiger partial charge < -0.3 is 25.3 Å². The first-order chi connectivity index (χ1) is 11.5. The summed E-state index contributed by atoms with van der Waals surface area (Å²) in [7, 11) is 0. The van der Waals surface area contributed by atoms with Crippen LogP contribution in [0.3, 0.4) is 0 Å². The van der Waals surface area contributed by atoms with E-state index in [4.69, 9.17) is 22.4 Å². The quantitative estimate of drug-likeness (QED) is 0.717. The number of carbonyl (C=O) groups is 1. The summed E-state index contributed by atoms with van der Waals surface area (Å²) < 4.78 is 6.07. The van der Waals surface area contributed by atoms with E-state index < -0.39 is 12.1 Å². The van der Waals surface area contributed by atoms with Gasteiger partial charge in [-0.3, -0.25) is 4.79 Å². The van der Waals surface area contributed by atoms with Crippen LogP contribution in [-0.2, 0) is 4.79 Å². The second kappa shape index (κ2) is 6.68. The number of nitrogens with two attached hydrogens (primary N) is 1. The number of benzene rings is 1. The van der Waals surface area contributed by atoms with E-state index in [0.29, 0.717) is 26.3 Å². The van der Waals surface area contributed by atoms with Crippen LogP contribution >= 0.6 is 24.0 Å². The predicted molar refractivity (Wildman–Crippen MR) is 95.9 cm³/mol. The van der Waals surface area contributed by atoms with E-state index in [1.807, 2.05) is 0 Å². The number of rotatable bonds is 4. The minimum atomic E-state index is -1.03. The molecule has 24 heavy (non-hydrogen) atoms. The number of hydrogen-bond donors (Lipinski definition) is 3. The number of primary amides is 1. The number of furan rings is 1. The molecule has 1 unspecified atom stereocenters. The number of aliphatic hydroxyl groups is 1. The number of aromatic hydroxyl groups is 1. The summed E-state index contributed by atoms with van der Waals surface area (Å²) in [6.45, 7) is -0.147. The van der Waals surface area contributed by atoms with Crippen molar-refractivity contribution in [3.8, 4) is 17.1 Å². The second-order valence-electron chi connectivity index (χ2n) is 5.10. The molecule has 0 bridgehead atoms. The maximum atomic E-state index is 11.0. The highest BCUT2D eigenvalue weighted by atomic mass is 32.2. The number of para-hydroxylation sites is 1. The maximum Gasteiger partial charge on any atom is 0.237 e. The fourth-order valence-corrected chi connectivity index (χ4v) is 3.63. The number of carbonyl (C=O) groups excluding carboxylic acids is 1. The summed E-state index contributed by atoms with van der Waals surface area (Å²) in [5, 5.41) is 20.1. The molecule has 1 aliphatic heterocycles. The van der Waals surface area contributed by atoms with Gasteiger partial charge in [0.2, 0.25) is 5.91 Å². The Morgan fingerprint density at radius 1 is 1.38 bits per heavy atom. The minimum Gasteiger partial charge on any atom is -0.507 e. The van der Waals surface area contributed by atoms with Gasteiger partial charge >= 0.3 is 0 Å². The summed E-state index contributed by atoms with van der Waals surface area (Å²) in [6, 6.07) is 10.3. The molecule has 2 heterocycles. The molecule has 0 spiro atoms. The molecule has 8 heteroatoms. The van der Waals surface area contributed by atoms with Gasteiger partial charge in [-0.05, 0) is 30.3 Å². The van der Waals surface area contributed by atoms with Gasteiger partial charge in [-0.15, -0.1) is 0 Å². The van der Waals surface area contributed by atoms with Gasteiger partial charge in [0.25, 0.3) is 0 Å². The van der Waals surface area contributed by atoms with Crippen molar-refractivity contribution in [1.29, 1.82) is 0 Å². The fourth-order valence-electron chi connectivity index (χ4n) is 2.29. The van der Waals surface area contributed by atoms with E-state index in [9.17, 15) is 15.0 Å². The molecule has 124 valence electrons. The van der Waals surface area contributed by atoms with Crippen molar-refractivity contribution < 1.29 is 19.4 Å². The van der Waals surface area contributed by atoms with Crippen molar-refractivity contribution in [2.45, 2.75) is 6.23 Å². The predicted octanol–water partition coefficient (Wildman–Crippen LogP) is 2.13. The Morgan fingerprint density at radius 3 is 2.83 bits per heavy atom. The molecule has 1 fully saturated rings. The molecule has 2 aromatic rings. The molecule has 1 saturated heterocycles. The highest BCUT2D eigenvalue weighted by Gasteiger charge is 2.33. The van der Waals surface area contributed by atoms with E-state index in [2.05, 4.69) is 0 Å². The van der Waals surface area contributed by atoms with Gasteiger partial charge in [-0.2, -0.15) is 0 Å². The first-order valence-corrected chi connectivity index (χ1v) is 8.23. The van der Waals surface area contributed by atoms with Gasteiger partial charge in [0, 0.05) is 4.91 Å². The van der Waals surface area contributed by atoms with Gasteiger partial charge in [-0.1, -0.05) is 36.1 Å². The van der Waals surface area contributed by atoms with Gasteiger partial charge in [0.05, 0.1) is 5.56 Å². The van der Waals surface area contributed by atoms with Crippen molar-refractivity contribution in [1.82, 2.24) is 4.90 Å². The molecule has 1 aliphatic rings. The maximum absolute atomic E-state index is 11.0. The second-order valence-corrected chi connectivity index (χ2v) is 6.81. The zero-order valence-corrected chi connectivity index (χ0v) is 14.0. The number of nitrogens with zero attached hydrogens (tertiary/aromatic N) is 1. The van der Waals surface area contributed by atoms with Crippen LogP contribution in [0, 0.1) is 0 Å². The van der Waals surface area contributed by atoms with Crippen LogP contribution < -0.4 is 5.73 Å². The molecular formula is C16H14N2O4S2. The Hall–Kier alpha value is -2.29. The summed E-state index contributed by atoms with van der Waals surface area (Å²) in [4.78, 5) is 12.9. The highest BCUT2D eigenvalue weighted by molar-refractivity contribution is 8.25. The first kappa shape index (κ1) is 16.6. The average Bonchev–Trinajstić information content (AvgIpc) is 3.08. The van der Waals surface area contributed by atoms with Crippen LogP contribution in [0.1, 0.15) is 5.76 Å². The van der Waals surface area contributed by atoms with Crippen LogP contribution in [0.25, 0.3) is 17.4 Å². The van der Waals surface area contributed by atoms with E-state index in [1.54, 1.807) is 42.5 Å². The average molecular weight is 362 g/mol. The number of phenolic OH excluding ortho intramolecular Hbond substituents is 1. The molecule has 1 atom stereocenters. The Kier molecular flexibility index (Phi) is 4.61. The summed E-state index contributed by atoms with van der Waals surface area (Å²) in [5.41, 5.74) is 5.73. The van der Waals surface area contributed by atoms with Crippen molar-refractivity contribution in [3.05, 3.63) is 47.1 Å². The third-order valence-electron chi connectivity index (χ3n) is 3.40. The van der Waals surface area contributed by atoms with Crippen LogP contribution in [0.5, 0.6) is 5.75 Å².